The molecule has 3 N–H and O–H groups in total. The molecule has 2 aromatic rings. The largest absolute Gasteiger partial charge is 0.480 e. The molecule has 2 aliphatic rings. The number of ether oxygens (including phenoxy) is 1. The minimum Gasteiger partial charge on any atom is -0.480 e. The second kappa shape index (κ2) is 7.82. The average molecular weight is 408 g/mol. The molecule has 0 saturated heterocycles. The quantitative estimate of drug-likeness (QED) is 0.653. The second-order valence-electron chi connectivity index (χ2n) is 7.99. The molecule has 1 atom stereocenters. The van der Waals surface area contributed by atoms with Crippen molar-refractivity contribution in [1.82, 2.24) is 10.6 Å². The van der Waals surface area contributed by atoms with E-state index in [4.69, 9.17) is 9.84 Å². The summed E-state index contributed by atoms with van der Waals surface area (Å²) in [6.07, 6.45) is 0.631. The lowest BCUT2D eigenvalue weighted by Crippen LogP contribution is -2.46. The predicted molar refractivity (Wildman–Crippen MR) is 110 cm³/mol. The van der Waals surface area contributed by atoms with Gasteiger partial charge in [0.2, 0.25) is 5.91 Å². The highest BCUT2D eigenvalue weighted by Gasteiger charge is 2.50. The van der Waals surface area contributed by atoms with Crippen LogP contribution in [0.2, 0.25) is 0 Å². The fraction of sp³-hybridized carbons (Fsp3) is 0.348. The van der Waals surface area contributed by atoms with Crippen molar-refractivity contribution in [1.29, 1.82) is 0 Å². The summed E-state index contributed by atoms with van der Waals surface area (Å²) in [5.41, 5.74) is 3.83. The Kier molecular flexibility index (Phi) is 5.20. The highest BCUT2D eigenvalue weighted by Crippen LogP contribution is 2.46. The molecule has 1 saturated carbocycles. The van der Waals surface area contributed by atoms with Crippen molar-refractivity contribution in [3.63, 3.8) is 0 Å². The molecule has 2 aliphatic carbocycles. The van der Waals surface area contributed by atoms with E-state index in [0.29, 0.717) is 12.8 Å². The standard InChI is InChI=1S/C23H24N2O5/c1-14(20(26)27)25-21(28)23(10-11-23)13-24-22(29)30-12-19-17-8-4-2-6-15(17)16-7-3-5-9-18(16)19/h2-9,14,19H,10-13H2,1H3,(H,24,29)(H,25,28)(H,26,27)/t14-/m1/s1. The van der Waals surface area contributed by atoms with E-state index in [1.807, 2.05) is 24.3 Å². The molecule has 156 valence electrons. The van der Waals surface area contributed by atoms with Crippen molar-refractivity contribution in [2.75, 3.05) is 13.2 Å². The summed E-state index contributed by atoms with van der Waals surface area (Å²) in [4.78, 5) is 35.6. The summed E-state index contributed by atoms with van der Waals surface area (Å²) in [6.45, 7) is 1.74. The lowest BCUT2D eigenvalue weighted by atomic mass is 9.98. The molecule has 1 fully saturated rings. The van der Waals surface area contributed by atoms with Gasteiger partial charge in [-0.15, -0.1) is 0 Å². The highest BCUT2D eigenvalue weighted by molar-refractivity contribution is 5.89. The van der Waals surface area contributed by atoms with Gasteiger partial charge in [-0.2, -0.15) is 0 Å². The lowest BCUT2D eigenvalue weighted by molar-refractivity contribution is -0.142. The Hall–Kier alpha value is -3.35. The van der Waals surface area contributed by atoms with E-state index in [2.05, 4.69) is 34.9 Å². The van der Waals surface area contributed by atoms with Crippen molar-refractivity contribution < 1.29 is 24.2 Å². The molecule has 2 amide bonds. The Morgan fingerprint density at radius 2 is 1.63 bits per heavy atom. The summed E-state index contributed by atoms with van der Waals surface area (Å²) in [5.74, 6) is -1.47. The van der Waals surface area contributed by atoms with E-state index in [1.54, 1.807) is 0 Å². The molecule has 0 unspecified atom stereocenters. The van der Waals surface area contributed by atoms with Gasteiger partial charge in [-0.3, -0.25) is 9.59 Å². The van der Waals surface area contributed by atoms with Gasteiger partial charge < -0.3 is 20.5 Å². The first-order valence-corrected chi connectivity index (χ1v) is 10.0. The number of carboxylic acids is 1. The Labute approximate surface area is 174 Å². The zero-order valence-corrected chi connectivity index (χ0v) is 16.7. The number of carbonyl (C=O) groups excluding carboxylic acids is 2. The zero-order chi connectivity index (χ0) is 21.3. The van der Waals surface area contributed by atoms with Crippen LogP contribution in [-0.2, 0) is 14.3 Å². The van der Waals surface area contributed by atoms with Gasteiger partial charge in [0.15, 0.2) is 0 Å². The molecular formula is C23H24N2O5. The van der Waals surface area contributed by atoms with E-state index in [0.717, 1.165) is 22.3 Å². The molecule has 0 aliphatic heterocycles. The minimum atomic E-state index is -1.09. The van der Waals surface area contributed by atoms with Crippen molar-refractivity contribution in [3.8, 4) is 11.1 Å². The Bertz CT molecular complexity index is 953. The van der Waals surface area contributed by atoms with Crippen LogP contribution in [0.15, 0.2) is 48.5 Å². The summed E-state index contributed by atoms with van der Waals surface area (Å²) >= 11 is 0. The number of rotatable bonds is 7. The number of fused-ring (bicyclic) bond motifs is 3. The third-order valence-corrected chi connectivity index (χ3v) is 5.97. The summed E-state index contributed by atoms with van der Waals surface area (Å²) in [6, 6.07) is 15.2. The number of benzene rings is 2. The zero-order valence-electron chi connectivity index (χ0n) is 16.7. The summed E-state index contributed by atoms with van der Waals surface area (Å²) < 4.78 is 5.49. The van der Waals surface area contributed by atoms with Crippen LogP contribution in [-0.4, -0.2) is 42.3 Å². The van der Waals surface area contributed by atoms with Crippen LogP contribution in [0.25, 0.3) is 11.1 Å². The van der Waals surface area contributed by atoms with Gasteiger partial charge in [-0.25, -0.2) is 4.79 Å². The minimum absolute atomic E-state index is 0.0299. The number of amides is 2. The van der Waals surface area contributed by atoms with Crippen LogP contribution < -0.4 is 10.6 Å². The first kappa shape index (κ1) is 19.9. The molecular weight excluding hydrogens is 384 g/mol. The topological polar surface area (TPSA) is 105 Å². The molecule has 4 rings (SSSR count). The average Bonchev–Trinajstić information content (AvgIpc) is 3.48. The van der Waals surface area contributed by atoms with Crippen LogP contribution in [0.1, 0.15) is 36.8 Å². The third-order valence-electron chi connectivity index (χ3n) is 5.97. The van der Waals surface area contributed by atoms with Crippen molar-refractivity contribution in [2.24, 2.45) is 5.41 Å². The molecule has 0 aromatic heterocycles. The number of carbonyl (C=O) groups is 3. The molecule has 0 heterocycles. The van der Waals surface area contributed by atoms with Crippen LogP contribution in [0, 0.1) is 5.41 Å². The highest BCUT2D eigenvalue weighted by atomic mass is 16.5. The number of aliphatic carboxylic acids is 1. The van der Waals surface area contributed by atoms with Gasteiger partial charge in [0, 0.05) is 12.5 Å². The van der Waals surface area contributed by atoms with E-state index < -0.39 is 23.5 Å². The number of alkyl carbamates (subject to hydrolysis) is 1. The first-order valence-electron chi connectivity index (χ1n) is 10.0. The van der Waals surface area contributed by atoms with Gasteiger partial charge in [0.05, 0.1) is 5.41 Å². The van der Waals surface area contributed by atoms with Crippen LogP contribution in [0.4, 0.5) is 4.79 Å². The monoisotopic (exact) mass is 408 g/mol. The molecule has 0 bridgehead atoms. The molecule has 0 radical (unpaired) electrons. The Morgan fingerprint density at radius 3 is 2.17 bits per heavy atom. The summed E-state index contributed by atoms with van der Waals surface area (Å²) in [5, 5.41) is 14.1. The molecule has 30 heavy (non-hydrogen) atoms. The van der Waals surface area contributed by atoms with Gasteiger partial charge in [0.1, 0.15) is 12.6 Å². The smallest absolute Gasteiger partial charge is 0.407 e. The third kappa shape index (κ3) is 3.75. The van der Waals surface area contributed by atoms with E-state index in [9.17, 15) is 14.4 Å². The SMILES string of the molecule is C[C@@H](NC(=O)C1(CNC(=O)OCC2c3ccccc3-c3ccccc32)CC1)C(=O)O. The Morgan fingerprint density at radius 1 is 1.07 bits per heavy atom. The number of hydrogen-bond acceptors (Lipinski definition) is 4. The second-order valence-corrected chi connectivity index (χ2v) is 7.99. The predicted octanol–water partition coefficient (Wildman–Crippen LogP) is 2.89. The summed E-state index contributed by atoms with van der Waals surface area (Å²) in [7, 11) is 0. The molecule has 7 nitrogen and oxygen atoms in total. The van der Waals surface area contributed by atoms with Crippen LogP contribution in [0.5, 0.6) is 0 Å². The van der Waals surface area contributed by atoms with E-state index in [1.165, 1.54) is 6.92 Å². The van der Waals surface area contributed by atoms with E-state index in [-0.39, 0.29) is 25.0 Å². The molecule has 0 spiro atoms. The lowest BCUT2D eigenvalue weighted by Gasteiger charge is -2.19. The maximum atomic E-state index is 12.3. The van der Waals surface area contributed by atoms with Crippen molar-refractivity contribution in [2.45, 2.75) is 31.7 Å². The number of hydrogen-bond donors (Lipinski definition) is 3. The Balaban J connectivity index is 1.34. The van der Waals surface area contributed by atoms with Crippen molar-refractivity contribution >= 4 is 18.0 Å². The fourth-order valence-corrected chi connectivity index (χ4v) is 3.94. The van der Waals surface area contributed by atoms with Gasteiger partial charge in [-0.1, -0.05) is 48.5 Å². The van der Waals surface area contributed by atoms with Crippen LogP contribution >= 0.6 is 0 Å². The number of nitrogens with one attached hydrogen (secondary N) is 2. The maximum absolute atomic E-state index is 12.3. The van der Waals surface area contributed by atoms with Gasteiger partial charge in [-0.05, 0) is 42.0 Å². The van der Waals surface area contributed by atoms with Crippen LogP contribution in [0.3, 0.4) is 0 Å². The van der Waals surface area contributed by atoms with Gasteiger partial charge >= 0.3 is 12.1 Å². The molecule has 7 heteroatoms. The van der Waals surface area contributed by atoms with Gasteiger partial charge in [0.25, 0.3) is 0 Å². The number of carboxylic acid groups (broad SMARTS) is 1. The fourth-order valence-electron chi connectivity index (χ4n) is 3.94. The normalized spacial score (nSPS) is 16.7. The first-order chi connectivity index (χ1) is 14.4. The molecule has 2 aromatic carbocycles. The van der Waals surface area contributed by atoms with E-state index >= 15 is 0 Å². The maximum Gasteiger partial charge on any atom is 0.407 e. The van der Waals surface area contributed by atoms with Crippen molar-refractivity contribution in [3.05, 3.63) is 59.7 Å².